The van der Waals surface area contributed by atoms with Crippen molar-refractivity contribution in [3.8, 4) is 0 Å². The van der Waals surface area contributed by atoms with E-state index >= 15 is 0 Å². The molecule has 4 rings (SSSR count). The van der Waals surface area contributed by atoms with Crippen LogP contribution in [0, 0.1) is 10.1 Å². The van der Waals surface area contributed by atoms with Crippen molar-refractivity contribution in [2.24, 2.45) is 0 Å². The molecule has 0 saturated carbocycles. The number of ether oxygens (including phenoxy) is 1. The fourth-order valence-electron chi connectivity index (χ4n) is 3.39. The average Bonchev–Trinajstić information content (AvgIpc) is 2.67. The van der Waals surface area contributed by atoms with Gasteiger partial charge in [-0.05, 0) is 18.2 Å². The van der Waals surface area contributed by atoms with Gasteiger partial charge < -0.3 is 9.64 Å². The van der Waals surface area contributed by atoms with E-state index in [0.29, 0.717) is 30.1 Å². The van der Waals surface area contributed by atoms with Crippen molar-refractivity contribution in [3.05, 3.63) is 75.6 Å². The number of nitrogens with zero attached hydrogens (tertiary/aromatic N) is 3. The Labute approximate surface area is 155 Å². The summed E-state index contributed by atoms with van der Waals surface area (Å²) in [5, 5.41) is 13.3. The Kier molecular flexibility index (Phi) is 4.44. The van der Waals surface area contributed by atoms with Gasteiger partial charge >= 0.3 is 0 Å². The molecule has 2 heterocycles. The van der Waals surface area contributed by atoms with Gasteiger partial charge in [0.25, 0.3) is 5.69 Å². The monoisotopic (exact) mass is 369 g/mol. The van der Waals surface area contributed by atoms with Crippen molar-refractivity contribution in [1.29, 1.82) is 0 Å². The molecule has 7 heteroatoms. The van der Waals surface area contributed by atoms with Crippen LogP contribution in [0.5, 0.6) is 0 Å². The number of fused-ring (bicyclic) bond motifs is 1. The Morgan fingerprint density at radius 3 is 2.85 bits per heavy atom. The maximum atomic E-state index is 11.3. The molecule has 0 aliphatic carbocycles. The van der Waals surface area contributed by atoms with Gasteiger partial charge in [-0.25, -0.2) is 0 Å². The number of morpholine rings is 1. The van der Waals surface area contributed by atoms with Gasteiger partial charge in [-0.15, -0.1) is 0 Å². The number of rotatable bonds is 3. The van der Waals surface area contributed by atoms with E-state index in [9.17, 15) is 10.1 Å². The van der Waals surface area contributed by atoms with Gasteiger partial charge in [0.05, 0.1) is 16.9 Å². The summed E-state index contributed by atoms with van der Waals surface area (Å²) in [6, 6.07) is 12.8. The number of pyridine rings is 1. The van der Waals surface area contributed by atoms with Crippen LogP contribution in [0.15, 0.2) is 54.9 Å². The SMILES string of the molecule is O=[N+]([O-])c1ccc(N2CCOC(c3ccccc3Cl)C2)c2ccncc12. The van der Waals surface area contributed by atoms with Gasteiger partial charge in [0, 0.05) is 53.2 Å². The molecule has 1 unspecified atom stereocenters. The number of non-ortho nitro benzene ring substituents is 1. The molecule has 3 aromatic rings. The Balaban J connectivity index is 1.73. The third-order valence-corrected chi connectivity index (χ3v) is 4.97. The van der Waals surface area contributed by atoms with Crippen molar-refractivity contribution < 1.29 is 9.66 Å². The zero-order valence-electron chi connectivity index (χ0n) is 13.8. The second kappa shape index (κ2) is 6.90. The molecule has 0 amide bonds. The summed E-state index contributed by atoms with van der Waals surface area (Å²) in [6.07, 6.45) is 3.05. The number of hydrogen-bond acceptors (Lipinski definition) is 5. The molecule has 1 aliphatic rings. The van der Waals surface area contributed by atoms with E-state index in [0.717, 1.165) is 16.6 Å². The molecule has 1 saturated heterocycles. The maximum absolute atomic E-state index is 11.3. The van der Waals surface area contributed by atoms with Gasteiger partial charge in [-0.1, -0.05) is 29.8 Å². The molecule has 1 aliphatic heterocycles. The van der Waals surface area contributed by atoms with Crippen molar-refractivity contribution in [3.63, 3.8) is 0 Å². The largest absolute Gasteiger partial charge is 0.370 e. The summed E-state index contributed by atoms with van der Waals surface area (Å²) < 4.78 is 5.92. The zero-order chi connectivity index (χ0) is 18.1. The highest BCUT2D eigenvalue weighted by Crippen LogP contribution is 2.36. The second-order valence-electron chi connectivity index (χ2n) is 6.11. The molecule has 1 aromatic heterocycles. The number of nitro benzene ring substituents is 1. The van der Waals surface area contributed by atoms with Crippen molar-refractivity contribution in [2.75, 3.05) is 24.6 Å². The summed E-state index contributed by atoms with van der Waals surface area (Å²) >= 11 is 6.32. The van der Waals surface area contributed by atoms with Gasteiger partial charge in [0.15, 0.2) is 0 Å². The van der Waals surface area contributed by atoms with Crippen molar-refractivity contribution in [2.45, 2.75) is 6.10 Å². The first-order valence-electron chi connectivity index (χ1n) is 8.27. The van der Waals surface area contributed by atoms with E-state index in [1.165, 1.54) is 0 Å². The lowest BCUT2D eigenvalue weighted by molar-refractivity contribution is -0.383. The smallest absolute Gasteiger partial charge is 0.278 e. The van der Waals surface area contributed by atoms with Crippen LogP contribution in [-0.2, 0) is 4.74 Å². The minimum absolute atomic E-state index is 0.0627. The van der Waals surface area contributed by atoms with Crippen LogP contribution >= 0.6 is 11.6 Å². The van der Waals surface area contributed by atoms with E-state index < -0.39 is 0 Å². The van der Waals surface area contributed by atoms with E-state index in [4.69, 9.17) is 16.3 Å². The topological polar surface area (TPSA) is 68.5 Å². The molecular weight excluding hydrogens is 354 g/mol. The Hall–Kier alpha value is -2.70. The van der Waals surface area contributed by atoms with Gasteiger partial charge in [0.1, 0.15) is 6.10 Å². The van der Waals surface area contributed by atoms with Crippen molar-refractivity contribution >= 4 is 33.7 Å². The third-order valence-electron chi connectivity index (χ3n) is 4.63. The average molecular weight is 370 g/mol. The fraction of sp³-hybridized carbons (Fsp3) is 0.211. The van der Waals surface area contributed by atoms with Gasteiger partial charge in [-0.2, -0.15) is 0 Å². The summed E-state index contributed by atoms with van der Waals surface area (Å²) in [5.74, 6) is 0. The first kappa shape index (κ1) is 16.8. The normalized spacial score (nSPS) is 17.4. The number of halogens is 1. The van der Waals surface area contributed by atoms with E-state index in [1.54, 1.807) is 24.5 Å². The molecule has 0 N–H and O–H groups in total. The summed E-state index contributed by atoms with van der Waals surface area (Å²) in [7, 11) is 0. The highest BCUT2D eigenvalue weighted by Gasteiger charge is 2.26. The second-order valence-corrected chi connectivity index (χ2v) is 6.52. The van der Waals surface area contributed by atoms with Gasteiger partial charge in [-0.3, -0.25) is 15.1 Å². The Bertz CT molecular complexity index is 979. The summed E-state index contributed by atoms with van der Waals surface area (Å²) in [5.41, 5.74) is 1.95. The fourth-order valence-corrected chi connectivity index (χ4v) is 3.64. The van der Waals surface area contributed by atoms with Gasteiger partial charge in [0.2, 0.25) is 0 Å². The van der Waals surface area contributed by atoms with Crippen LogP contribution in [0.1, 0.15) is 11.7 Å². The predicted molar refractivity (Wildman–Crippen MR) is 101 cm³/mol. The number of benzene rings is 2. The number of nitro groups is 1. The zero-order valence-corrected chi connectivity index (χ0v) is 14.6. The molecule has 132 valence electrons. The third kappa shape index (κ3) is 2.98. The highest BCUT2D eigenvalue weighted by atomic mass is 35.5. The highest BCUT2D eigenvalue weighted by molar-refractivity contribution is 6.31. The summed E-state index contributed by atoms with van der Waals surface area (Å²) in [6.45, 7) is 1.88. The molecule has 1 atom stereocenters. The van der Waals surface area contributed by atoms with E-state index in [2.05, 4.69) is 9.88 Å². The van der Waals surface area contributed by atoms with E-state index in [-0.39, 0.29) is 16.7 Å². The first-order chi connectivity index (χ1) is 12.6. The van der Waals surface area contributed by atoms with Crippen LogP contribution in [0.4, 0.5) is 11.4 Å². The summed E-state index contributed by atoms with van der Waals surface area (Å²) in [4.78, 5) is 17.2. The predicted octanol–water partition coefficient (Wildman–Crippen LogP) is 4.37. The minimum atomic E-state index is -0.375. The molecule has 0 radical (unpaired) electrons. The Morgan fingerprint density at radius 2 is 2.04 bits per heavy atom. The molecular formula is C19H16ClN3O3. The van der Waals surface area contributed by atoms with Crippen LogP contribution in [0.2, 0.25) is 5.02 Å². The number of hydrogen-bond donors (Lipinski definition) is 0. The van der Waals surface area contributed by atoms with Crippen LogP contribution in [-0.4, -0.2) is 29.6 Å². The Morgan fingerprint density at radius 1 is 1.19 bits per heavy atom. The lowest BCUT2D eigenvalue weighted by atomic mass is 10.0. The van der Waals surface area contributed by atoms with Crippen LogP contribution < -0.4 is 4.90 Å². The molecule has 26 heavy (non-hydrogen) atoms. The molecule has 6 nitrogen and oxygen atoms in total. The van der Waals surface area contributed by atoms with Crippen LogP contribution in [0.25, 0.3) is 10.8 Å². The van der Waals surface area contributed by atoms with Crippen LogP contribution in [0.3, 0.4) is 0 Å². The first-order valence-corrected chi connectivity index (χ1v) is 8.65. The lowest BCUT2D eigenvalue weighted by Crippen LogP contribution is -2.38. The van der Waals surface area contributed by atoms with Crippen molar-refractivity contribution in [1.82, 2.24) is 4.98 Å². The number of anilines is 1. The molecule has 0 bridgehead atoms. The molecule has 1 fully saturated rings. The standard InChI is InChI=1S/C19H16ClN3O3/c20-16-4-2-1-3-14(16)19-12-22(9-10-26-19)17-5-6-18(23(24)25)15-11-21-8-7-13(15)17/h1-8,11,19H,9-10,12H2. The maximum Gasteiger partial charge on any atom is 0.278 e. The molecule has 2 aromatic carbocycles. The molecule has 0 spiro atoms. The quantitative estimate of drug-likeness (QED) is 0.506. The lowest BCUT2D eigenvalue weighted by Gasteiger charge is -2.35. The van der Waals surface area contributed by atoms with E-state index in [1.807, 2.05) is 30.3 Å². The number of aromatic nitrogens is 1. The minimum Gasteiger partial charge on any atom is -0.370 e.